The van der Waals surface area contributed by atoms with Gasteiger partial charge in [-0.15, -0.1) is 0 Å². The number of nitrogens with zero attached hydrogens (tertiary/aromatic N) is 3. The summed E-state index contributed by atoms with van der Waals surface area (Å²) in [5.41, 5.74) is 5.93. The average molecular weight is 575 g/mol. The first-order chi connectivity index (χ1) is 20.3. The summed E-state index contributed by atoms with van der Waals surface area (Å²) in [7, 11) is 0. The summed E-state index contributed by atoms with van der Waals surface area (Å²) in [6.45, 7) is 6.36. The molecule has 0 amide bonds. The van der Waals surface area contributed by atoms with Crippen LogP contribution in [0.1, 0.15) is 194 Å². The lowest BCUT2D eigenvalue weighted by atomic mass is 10.0. The van der Waals surface area contributed by atoms with Gasteiger partial charge in [-0.2, -0.15) is 15.0 Å². The minimum atomic E-state index is 0.284. The van der Waals surface area contributed by atoms with Gasteiger partial charge in [0.2, 0.25) is 17.8 Å². The Morgan fingerprint density at radius 1 is 0.366 bits per heavy atom. The highest BCUT2D eigenvalue weighted by Gasteiger charge is 2.04. The Kier molecular flexibility index (Phi) is 27.3. The highest BCUT2D eigenvalue weighted by Crippen LogP contribution is 2.15. The predicted molar refractivity (Wildman–Crippen MR) is 182 cm³/mol. The van der Waals surface area contributed by atoms with Crippen molar-refractivity contribution >= 4 is 17.8 Å². The van der Waals surface area contributed by atoms with Gasteiger partial charge in [-0.3, -0.25) is 0 Å². The van der Waals surface area contributed by atoms with Gasteiger partial charge in [-0.25, -0.2) is 0 Å². The fourth-order valence-corrected chi connectivity index (χ4v) is 5.59. The highest BCUT2D eigenvalue weighted by atomic mass is 15.2. The van der Waals surface area contributed by atoms with Gasteiger partial charge in [-0.1, -0.05) is 181 Å². The monoisotopic (exact) mass is 575 g/mol. The highest BCUT2D eigenvalue weighted by molar-refractivity contribution is 5.39. The van der Waals surface area contributed by atoms with E-state index in [-0.39, 0.29) is 5.95 Å². The van der Waals surface area contributed by atoms with Gasteiger partial charge in [0.25, 0.3) is 0 Å². The first-order valence-corrected chi connectivity index (χ1v) is 18.3. The Hall–Kier alpha value is -1.59. The molecule has 240 valence electrons. The molecular weight excluding hydrogens is 504 g/mol. The molecule has 0 aliphatic carbocycles. The van der Waals surface area contributed by atoms with Gasteiger partial charge < -0.3 is 16.4 Å². The van der Waals surface area contributed by atoms with Crippen LogP contribution in [0.15, 0.2) is 0 Å². The van der Waals surface area contributed by atoms with Crippen LogP contribution in [0, 0.1) is 0 Å². The van der Waals surface area contributed by atoms with Gasteiger partial charge in [0.15, 0.2) is 0 Å². The summed E-state index contributed by atoms with van der Waals surface area (Å²) in [6, 6.07) is 0. The van der Waals surface area contributed by atoms with Crippen LogP contribution < -0.4 is 16.4 Å². The Balaban J connectivity index is 1.93. The molecule has 0 unspecified atom stereocenters. The van der Waals surface area contributed by atoms with Crippen molar-refractivity contribution in [1.29, 1.82) is 0 Å². The molecule has 0 saturated carbocycles. The summed E-state index contributed by atoms with van der Waals surface area (Å²) in [5.74, 6) is 1.47. The molecule has 0 spiro atoms. The molecular formula is C35H70N6. The molecule has 1 aromatic rings. The van der Waals surface area contributed by atoms with Gasteiger partial charge in [0, 0.05) is 13.1 Å². The lowest BCUT2D eigenvalue weighted by molar-refractivity contribution is 0.537. The maximum Gasteiger partial charge on any atom is 0.229 e. The SMILES string of the molecule is CCCCCCCCCCCCCCCCNc1nc(N)nc(NCCCCCCCCCCCCCCCC)n1. The molecule has 0 saturated heterocycles. The maximum atomic E-state index is 5.93. The summed E-state index contributed by atoms with van der Waals surface area (Å²) in [5, 5.41) is 6.68. The molecule has 4 N–H and O–H groups in total. The van der Waals surface area contributed by atoms with Crippen LogP contribution in [0.25, 0.3) is 0 Å². The fraction of sp³-hybridized carbons (Fsp3) is 0.914. The van der Waals surface area contributed by atoms with Crippen LogP contribution in [0.3, 0.4) is 0 Å². The van der Waals surface area contributed by atoms with Crippen molar-refractivity contribution in [1.82, 2.24) is 15.0 Å². The molecule has 0 aliphatic heterocycles. The fourth-order valence-electron chi connectivity index (χ4n) is 5.59. The molecule has 0 radical (unpaired) electrons. The standard InChI is InChI=1S/C35H70N6/c1-3-5-7-9-11-13-15-17-19-21-23-25-27-29-31-37-34-39-33(36)40-35(41-34)38-32-30-28-26-24-22-20-18-16-14-12-10-8-6-4-2/h3-32H2,1-2H3,(H4,36,37,38,39,40,41). The van der Waals surface area contributed by atoms with E-state index in [2.05, 4.69) is 39.4 Å². The first kappa shape index (κ1) is 37.4. The zero-order valence-corrected chi connectivity index (χ0v) is 27.6. The molecule has 0 aliphatic rings. The van der Waals surface area contributed by atoms with E-state index in [0.717, 1.165) is 25.9 Å². The third-order valence-electron chi connectivity index (χ3n) is 8.28. The van der Waals surface area contributed by atoms with E-state index in [1.807, 2.05) is 0 Å². The molecule has 0 bridgehead atoms. The van der Waals surface area contributed by atoms with Crippen LogP contribution in [-0.4, -0.2) is 28.0 Å². The van der Waals surface area contributed by atoms with E-state index in [0.29, 0.717) is 11.9 Å². The van der Waals surface area contributed by atoms with E-state index in [1.165, 1.54) is 167 Å². The molecule has 0 aromatic carbocycles. The minimum absolute atomic E-state index is 0.284. The number of unbranched alkanes of at least 4 members (excludes halogenated alkanes) is 26. The van der Waals surface area contributed by atoms with Crippen molar-refractivity contribution in [2.75, 3.05) is 29.5 Å². The largest absolute Gasteiger partial charge is 0.368 e. The molecule has 0 fully saturated rings. The summed E-state index contributed by atoms with van der Waals surface area (Å²) >= 11 is 0. The second-order valence-electron chi connectivity index (χ2n) is 12.4. The van der Waals surface area contributed by atoms with Gasteiger partial charge in [0.05, 0.1) is 0 Å². The van der Waals surface area contributed by atoms with Crippen LogP contribution in [0.2, 0.25) is 0 Å². The summed E-state index contributed by atoms with van der Waals surface area (Å²) < 4.78 is 0. The van der Waals surface area contributed by atoms with Crippen LogP contribution in [-0.2, 0) is 0 Å². The quantitative estimate of drug-likeness (QED) is 0.0741. The van der Waals surface area contributed by atoms with Gasteiger partial charge >= 0.3 is 0 Å². The van der Waals surface area contributed by atoms with Crippen molar-refractivity contribution in [3.05, 3.63) is 0 Å². The van der Waals surface area contributed by atoms with Crippen LogP contribution in [0.4, 0.5) is 17.8 Å². The average Bonchev–Trinajstić information content (AvgIpc) is 2.97. The molecule has 6 heteroatoms. The Morgan fingerprint density at radius 3 is 0.878 bits per heavy atom. The Labute approximate surface area is 255 Å². The van der Waals surface area contributed by atoms with E-state index < -0.39 is 0 Å². The lowest BCUT2D eigenvalue weighted by Gasteiger charge is -2.09. The number of aromatic nitrogens is 3. The maximum absolute atomic E-state index is 5.93. The molecule has 0 atom stereocenters. The van der Waals surface area contributed by atoms with Crippen molar-refractivity contribution in [3.8, 4) is 0 Å². The second-order valence-corrected chi connectivity index (χ2v) is 12.4. The van der Waals surface area contributed by atoms with E-state index in [4.69, 9.17) is 5.73 Å². The molecule has 6 nitrogen and oxygen atoms in total. The smallest absolute Gasteiger partial charge is 0.229 e. The summed E-state index contributed by atoms with van der Waals surface area (Å²) in [4.78, 5) is 13.0. The van der Waals surface area contributed by atoms with Gasteiger partial charge in [0.1, 0.15) is 0 Å². The number of hydrogen-bond donors (Lipinski definition) is 3. The Morgan fingerprint density at radius 2 is 0.610 bits per heavy atom. The van der Waals surface area contributed by atoms with Crippen LogP contribution in [0.5, 0.6) is 0 Å². The molecule has 1 aromatic heterocycles. The number of nitrogen functional groups attached to an aromatic ring is 1. The third kappa shape index (κ3) is 25.8. The number of rotatable bonds is 32. The molecule has 41 heavy (non-hydrogen) atoms. The zero-order chi connectivity index (χ0) is 29.5. The Bertz CT molecular complexity index is 616. The number of anilines is 3. The van der Waals surface area contributed by atoms with Crippen molar-refractivity contribution in [2.45, 2.75) is 194 Å². The third-order valence-corrected chi connectivity index (χ3v) is 8.28. The normalized spacial score (nSPS) is 11.3. The van der Waals surface area contributed by atoms with Crippen LogP contribution >= 0.6 is 0 Å². The number of nitrogens with two attached hydrogens (primary N) is 1. The summed E-state index contributed by atoms with van der Waals surface area (Å²) in [6.07, 6.45) is 38.5. The van der Waals surface area contributed by atoms with Crippen molar-refractivity contribution in [2.24, 2.45) is 0 Å². The predicted octanol–water partition coefficient (Wildman–Crippen LogP) is 11.2. The zero-order valence-electron chi connectivity index (χ0n) is 27.6. The van der Waals surface area contributed by atoms with E-state index in [9.17, 15) is 0 Å². The topological polar surface area (TPSA) is 88.8 Å². The first-order valence-electron chi connectivity index (χ1n) is 18.3. The van der Waals surface area contributed by atoms with Crippen molar-refractivity contribution in [3.63, 3.8) is 0 Å². The van der Waals surface area contributed by atoms with E-state index >= 15 is 0 Å². The molecule has 1 rings (SSSR count). The number of nitrogens with one attached hydrogen (secondary N) is 2. The number of hydrogen-bond acceptors (Lipinski definition) is 6. The van der Waals surface area contributed by atoms with E-state index in [1.54, 1.807) is 0 Å². The lowest BCUT2D eigenvalue weighted by Crippen LogP contribution is -2.12. The van der Waals surface area contributed by atoms with Gasteiger partial charge in [-0.05, 0) is 12.8 Å². The minimum Gasteiger partial charge on any atom is -0.368 e. The second kappa shape index (κ2) is 29.9. The van der Waals surface area contributed by atoms with Crippen molar-refractivity contribution < 1.29 is 0 Å². The molecule has 1 heterocycles.